The summed E-state index contributed by atoms with van der Waals surface area (Å²) in [5.74, 6) is 0.914. The van der Waals surface area contributed by atoms with Gasteiger partial charge in [-0.3, -0.25) is 9.55 Å². The van der Waals surface area contributed by atoms with Crippen molar-refractivity contribution in [3.63, 3.8) is 0 Å². The number of imidazole rings is 1. The first-order valence-electron chi connectivity index (χ1n) is 26.9. The predicted octanol–water partition coefficient (Wildman–Crippen LogP) is 19.4. The van der Waals surface area contributed by atoms with E-state index in [0.29, 0.717) is 11.4 Å². The number of hydrogen-bond acceptors (Lipinski definition) is 5. The average Bonchev–Trinajstić information content (AvgIpc) is 4.17. The predicted molar refractivity (Wildman–Crippen MR) is 324 cm³/mol. The topological polar surface area (TPSA) is 63.8 Å². The molecular formula is C71H65N4OPtS-. The first-order chi connectivity index (χ1) is 36.6. The van der Waals surface area contributed by atoms with Crippen molar-refractivity contribution in [2.24, 2.45) is 0 Å². The van der Waals surface area contributed by atoms with Gasteiger partial charge in [0.1, 0.15) is 17.9 Å². The Kier molecular flexibility index (Phi) is 13.1. The van der Waals surface area contributed by atoms with Gasteiger partial charge in [-0.05, 0) is 90.4 Å². The zero-order chi connectivity index (χ0) is 53.9. The third-order valence-electron chi connectivity index (χ3n) is 15.5. The first kappa shape index (κ1) is 52.8. The summed E-state index contributed by atoms with van der Waals surface area (Å²) in [4.78, 5) is 17.3. The Morgan fingerprint density at radius 3 is 1.63 bits per heavy atom. The second-order valence-electron chi connectivity index (χ2n) is 25.0. The minimum Gasteiger partial charge on any atom is -0.507 e. The fraction of sp³-hybridized carbons (Fsp3) is 0.225. The molecule has 1 aliphatic rings. The van der Waals surface area contributed by atoms with Crippen molar-refractivity contribution in [2.45, 2.75) is 105 Å². The van der Waals surface area contributed by atoms with Crippen LogP contribution in [0.25, 0.3) is 116 Å². The van der Waals surface area contributed by atoms with Crippen LogP contribution in [0.15, 0.2) is 170 Å². The number of para-hydroxylation sites is 1. The normalized spacial score (nSPS) is 12.6. The van der Waals surface area contributed by atoms with Crippen molar-refractivity contribution in [2.75, 3.05) is 0 Å². The number of phenolic OH excluding ortho intramolecular Hbond substituents is 1. The number of aromatic hydroxyl groups is 1. The van der Waals surface area contributed by atoms with Gasteiger partial charge < -0.3 is 5.11 Å². The van der Waals surface area contributed by atoms with Crippen molar-refractivity contribution in [3.8, 4) is 100 Å². The van der Waals surface area contributed by atoms with Crippen molar-refractivity contribution in [1.29, 1.82) is 0 Å². The molecule has 3 heterocycles. The van der Waals surface area contributed by atoms with Gasteiger partial charge in [0.2, 0.25) is 0 Å². The molecule has 7 heteroatoms. The third kappa shape index (κ3) is 9.05. The van der Waals surface area contributed by atoms with E-state index in [1.54, 1.807) is 17.7 Å². The molecule has 0 unspecified atom stereocenters. The maximum Gasteiger partial charge on any atom is 0.148 e. The van der Waals surface area contributed by atoms with Gasteiger partial charge in [0.15, 0.2) is 0 Å². The minimum atomic E-state index is -0.352. The summed E-state index contributed by atoms with van der Waals surface area (Å²) in [5, 5.41) is 12.7. The molecule has 12 rings (SSSR count). The Bertz CT molecular complexity index is 4150. The molecule has 1 aliphatic carbocycles. The van der Waals surface area contributed by atoms with E-state index in [0.717, 1.165) is 88.3 Å². The standard InChI is InChI=1S/C71H65N4OS.Pt/c1-68(2,3)45-33-34-58(55(38-45)42-23-14-13-15-24-42)75-59-32-22-31-48(62(59)74-67(75)56-39-47(70(7,8)9)40-57(64(56)76)71(10,11)12)43-35-44(37-46(36-43)69(4,5)6)61-66-63(73-41-72-61)60-53-29-20-18-27-51(53)49-25-16-17-26-50(49)52-28-19-21-30-54(52)65(60)77-66;/h13-34,36-41,76H,1-12H3;/q-1;. The van der Waals surface area contributed by atoms with Crippen LogP contribution in [0.3, 0.4) is 0 Å². The van der Waals surface area contributed by atoms with Crippen LogP contribution in [0.2, 0.25) is 0 Å². The molecular weight excluding hydrogens is 1150 g/mol. The summed E-state index contributed by atoms with van der Waals surface area (Å²) in [5.41, 5.74) is 21.9. The van der Waals surface area contributed by atoms with Gasteiger partial charge >= 0.3 is 0 Å². The number of thiophene rings is 1. The minimum absolute atomic E-state index is 0. The van der Waals surface area contributed by atoms with Crippen LogP contribution < -0.4 is 0 Å². The maximum absolute atomic E-state index is 12.7. The fourth-order valence-corrected chi connectivity index (χ4v) is 12.5. The molecule has 78 heavy (non-hydrogen) atoms. The Balaban J connectivity index is 0.00000645. The van der Waals surface area contributed by atoms with Gasteiger partial charge in [-0.2, -0.15) is 0 Å². The third-order valence-corrected chi connectivity index (χ3v) is 16.7. The van der Waals surface area contributed by atoms with Crippen LogP contribution in [0.5, 0.6) is 5.75 Å². The summed E-state index contributed by atoms with van der Waals surface area (Å²) in [6, 6.07) is 63.2. The van der Waals surface area contributed by atoms with E-state index in [4.69, 9.17) is 15.0 Å². The second-order valence-corrected chi connectivity index (χ2v) is 26.0. The first-order valence-corrected chi connectivity index (χ1v) is 27.7. The zero-order valence-electron chi connectivity index (χ0n) is 46.6. The number of nitrogens with zero attached hydrogens (tertiary/aromatic N) is 4. The monoisotopic (exact) mass is 1220 g/mol. The number of phenols is 1. The van der Waals surface area contributed by atoms with Gasteiger partial charge in [-0.25, -0.2) is 9.97 Å². The summed E-state index contributed by atoms with van der Waals surface area (Å²) < 4.78 is 3.31. The molecule has 11 aromatic rings. The Morgan fingerprint density at radius 2 is 1.00 bits per heavy atom. The van der Waals surface area contributed by atoms with Crippen molar-refractivity contribution >= 4 is 32.6 Å². The van der Waals surface area contributed by atoms with Crippen LogP contribution in [0.4, 0.5) is 0 Å². The molecule has 5 nitrogen and oxygen atoms in total. The molecule has 392 valence electrons. The van der Waals surface area contributed by atoms with Gasteiger partial charge in [0, 0.05) is 58.6 Å². The van der Waals surface area contributed by atoms with Crippen molar-refractivity contribution in [3.05, 3.63) is 198 Å². The van der Waals surface area contributed by atoms with Crippen LogP contribution >= 0.6 is 11.3 Å². The molecule has 0 radical (unpaired) electrons. The van der Waals surface area contributed by atoms with Crippen molar-refractivity contribution < 1.29 is 26.2 Å². The molecule has 0 saturated carbocycles. The van der Waals surface area contributed by atoms with Crippen molar-refractivity contribution in [1.82, 2.24) is 19.5 Å². The largest absolute Gasteiger partial charge is 0.507 e. The SMILES string of the molecule is CC(C)(C)c1cc(-c2cccc3c2nc(-c2cc(C(C)(C)C)cc(C(C)(C)C)c2O)n3-c2ccc(C(C)(C)C)cc2-c2ccccc2)[c-]c(-c2ncnc3c4c(sc23)-c2ccccc2-c2ccccc2-c2ccccc2-4)c1.[Pt]. The molecule has 0 bridgehead atoms. The molecule has 0 spiro atoms. The summed E-state index contributed by atoms with van der Waals surface area (Å²) in [6.45, 7) is 26.8. The number of benzene rings is 8. The zero-order valence-corrected chi connectivity index (χ0v) is 49.7. The number of fused-ring (bicyclic) bond motifs is 11. The quantitative estimate of drug-likeness (QED) is 0.174. The Morgan fingerprint density at radius 1 is 0.462 bits per heavy atom. The van der Waals surface area contributed by atoms with E-state index >= 15 is 0 Å². The van der Waals surface area contributed by atoms with Crippen LogP contribution in [-0.2, 0) is 42.7 Å². The number of rotatable bonds is 5. The summed E-state index contributed by atoms with van der Waals surface area (Å²) in [7, 11) is 0. The molecule has 0 fully saturated rings. The molecule has 1 N–H and O–H groups in total. The van der Waals surface area contributed by atoms with E-state index < -0.39 is 0 Å². The van der Waals surface area contributed by atoms with Gasteiger partial charge in [0.25, 0.3) is 0 Å². The Hall–Kier alpha value is -7.24. The molecule has 3 aromatic heterocycles. The molecule has 0 atom stereocenters. The van der Waals surface area contributed by atoms with Gasteiger partial charge in [-0.15, -0.1) is 40.7 Å². The van der Waals surface area contributed by atoms with E-state index in [1.165, 1.54) is 38.3 Å². The molecule has 0 amide bonds. The molecule has 8 aromatic carbocycles. The summed E-state index contributed by atoms with van der Waals surface area (Å²) >= 11 is 1.77. The number of aromatic nitrogens is 4. The number of hydrogen-bond donors (Lipinski definition) is 1. The van der Waals surface area contributed by atoms with Gasteiger partial charge in [-0.1, -0.05) is 222 Å². The van der Waals surface area contributed by atoms with E-state index in [2.05, 4.69) is 258 Å². The summed E-state index contributed by atoms with van der Waals surface area (Å²) in [6.07, 6.45) is 1.73. The van der Waals surface area contributed by atoms with Crippen LogP contribution in [-0.4, -0.2) is 24.6 Å². The van der Waals surface area contributed by atoms with E-state index in [-0.39, 0.29) is 48.5 Å². The molecule has 0 aliphatic heterocycles. The van der Waals surface area contributed by atoms with Crippen LogP contribution in [0.1, 0.15) is 105 Å². The second kappa shape index (κ2) is 19.3. The Labute approximate surface area is 478 Å². The maximum atomic E-state index is 12.7. The van der Waals surface area contributed by atoms with Gasteiger partial charge in [0.05, 0.1) is 27.8 Å². The van der Waals surface area contributed by atoms with E-state index in [1.807, 2.05) is 0 Å². The fourth-order valence-electron chi connectivity index (χ4n) is 11.2. The molecule has 0 saturated heterocycles. The average molecular weight is 1220 g/mol. The van der Waals surface area contributed by atoms with E-state index in [9.17, 15) is 5.11 Å². The van der Waals surface area contributed by atoms with Crippen LogP contribution in [0, 0.1) is 6.07 Å². The smallest absolute Gasteiger partial charge is 0.148 e.